The number of fused-ring (bicyclic) bond motifs is 1. The summed E-state index contributed by atoms with van der Waals surface area (Å²) in [5.74, 6) is 0. The van der Waals surface area contributed by atoms with Crippen molar-refractivity contribution in [3.8, 4) is 0 Å². The van der Waals surface area contributed by atoms with E-state index in [4.69, 9.17) is 11.6 Å². The van der Waals surface area contributed by atoms with Crippen LogP contribution in [0.4, 0.5) is 5.69 Å². The van der Waals surface area contributed by atoms with Gasteiger partial charge in [-0.1, -0.05) is 29.8 Å². The first-order valence-corrected chi connectivity index (χ1v) is 4.72. The minimum Gasteiger partial charge on any atom is -0.298 e. The van der Waals surface area contributed by atoms with Crippen LogP contribution in [0.3, 0.4) is 0 Å². The Balaban J connectivity index is 2.45. The van der Waals surface area contributed by atoms with E-state index in [1.54, 1.807) is 4.90 Å². The zero-order chi connectivity index (χ0) is 9.26. The molecule has 0 saturated carbocycles. The van der Waals surface area contributed by atoms with Gasteiger partial charge in [-0.25, -0.2) is 0 Å². The highest BCUT2D eigenvalue weighted by atomic mass is 35.5. The highest BCUT2D eigenvalue weighted by Crippen LogP contribution is 2.30. The topological polar surface area (TPSA) is 20.3 Å². The van der Waals surface area contributed by atoms with E-state index in [0.29, 0.717) is 0 Å². The molecule has 2 nitrogen and oxygen atoms in total. The van der Waals surface area contributed by atoms with Gasteiger partial charge in [0, 0.05) is 5.69 Å². The van der Waals surface area contributed by atoms with E-state index in [9.17, 15) is 4.79 Å². The van der Waals surface area contributed by atoms with Crippen LogP contribution >= 0.6 is 11.6 Å². The van der Waals surface area contributed by atoms with Crippen molar-refractivity contribution in [2.24, 2.45) is 0 Å². The van der Waals surface area contributed by atoms with Gasteiger partial charge in [-0.2, -0.15) is 0 Å². The number of aryl methyl sites for hydroxylation is 1. The monoisotopic (exact) mass is 195 g/mol. The van der Waals surface area contributed by atoms with Gasteiger partial charge in [-0.3, -0.25) is 9.69 Å². The number of carbonyl (C=O) groups excluding carboxylic acids is 1. The second kappa shape index (κ2) is 3.38. The Kier molecular flexibility index (Phi) is 2.23. The quantitative estimate of drug-likeness (QED) is 0.382. The van der Waals surface area contributed by atoms with Gasteiger partial charge in [0.1, 0.15) is 5.50 Å². The van der Waals surface area contributed by atoms with Crippen molar-refractivity contribution in [3.05, 3.63) is 29.8 Å². The fraction of sp³-hybridized carbons (Fsp3) is 0.300. The third-order valence-corrected chi connectivity index (χ3v) is 2.77. The lowest BCUT2D eigenvalue weighted by atomic mass is 10.0. The van der Waals surface area contributed by atoms with E-state index in [2.05, 4.69) is 0 Å². The SMILES string of the molecule is O=CN1c2ccccc2CCC1Cl. The molecule has 0 aliphatic carbocycles. The number of carbonyl (C=O) groups is 1. The Bertz CT molecular complexity index is 326. The number of para-hydroxylation sites is 1. The molecule has 3 heteroatoms. The van der Waals surface area contributed by atoms with Crippen molar-refractivity contribution in [3.63, 3.8) is 0 Å². The third-order valence-electron chi connectivity index (χ3n) is 2.34. The molecule has 0 spiro atoms. The van der Waals surface area contributed by atoms with Crippen molar-refractivity contribution in [2.75, 3.05) is 4.90 Å². The van der Waals surface area contributed by atoms with E-state index in [1.807, 2.05) is 24.3 Å². The number of halogens is 1. The molecule has 1 unspecified atom stereocenters. The summed E-state index contributed by atoms with van der Waals surface area (Å²) in [6.45, 7) is 0. The van der Waals surface area contributed by atoms with E-state index >= 15 is 0 Å². The average Bonchev–Trinajstić information content (AvgIpc) is 2.18. The van der Waals surface area contributed by atoms with E-state index in [1.165, 1.54) is 5.56 Å². The minimum absolute atomic E-state index is 0.188. The van der Waals surface area contributed by atoms with Gasteiger partial charge in [0.2, 0.25) is 6.41 Å². The lowest BCUT2D eigenvalue weighted by Gasteiger charge is -2.30. The summed E-state index contributed by atoms with van der Waals surface area (Å²) in [5, 5.41) is 0. The number of benzene rings is 1. The van der Waals surface area contributed by atoms with Gasteiger partial charge >= 0.3 is 0 Å². The Morgan fingerprint density at radius 2 is 2.23 bits per heavy atom. The first kappa shape index (κ1) is 8.57. The van der Waals surface area contributed by atoms with Crippen LogP contribution in [0.25, 0.3) is 0 Å². The first-order valence-electron chi connectivity index (χ1n) is 4.28. The third kappa shape index (κ3) is 1.42. The second-order valence-corrected chi connectivity index (χ2v) is 3.62. The van der Waals surface area contributed by atoms with Gasteiger partial charge in [0.25, 0.3) is 0 Å². The molecule has 1 aliphatic rings. The molecule has 13 heavy (non-hydrogen) atoms. The number of hydrogen-bond donors (Lipinski definition) is 0. The summed E-state index contributed by atoms with van der Waals surface area (Å²) in [6, 6.07) is 7.87. The Hall–Kier alpha value is -1.02. The molecule has 0 fully saturated rings. The van der Waals surface area contributed by atoms with Crippen LogP contribution in [0.5, 0.6) is 0 Å². The van der Waals surface area contributed by atoms with Crippen LogP contribution in [-0.2, 0) is 11.2 Å². The molecule has 1 aliphatic heterocycles. The first-order chi connectivity index (χ1) is 6.33. The summed E-state index contributed by atoms with van der Waals surface area (Å²) in [5.41, 5.74) is 1.96. The molecule has 1 atom stereocenters. The van der Waals surface area contributed by atoms with Crippen LogP contribution < -0.4 is 4.90 Å². The molecule has 0 N–H and O–H groups in total. The van der Waals surface area contributed by atoms with E-state index in [0.717, 1.165) is 24.9 Å². The van der Waals surface area contributed by atoms with Crippen LogP contribution in [0.1, 0.15) is 12.0 Å². The number of anilines is 1. The molecule has 1 heterocycles. The van der Waals surface area contributed by atoms with Gasteiger partial charge in [0.05, 0.1) is 0 Å². The van der Waals surface area contributed by atoms with Gasteiger partial charge in [-0.15, -0.1) is 0 Å². The largest absolute Gasteiger partial charge is 0.298 e. The fourth-order valence-corrected chi connectivity index (χ4v) is 1.92. The van der Waals surface area contributed by atoms with Crippen molar-refractivity contribution in [1.29, 1.82) is 0 Å². The van der Waals surface area contributed by atoms with Crippen LogP contribution in [-0.4, -0.2) is 11.9 Å². The summed E-state index contributed by atoms with van der Waals surface area (Å²) in [6.07, 6.45) is 2.58. The molecule has 68 valence electrons. The summed E-state index contributed by atoms with van der Waals surface area (Å²) < 4.78 is 0. The molecule has 0 aromatic heterocycles. The number of alkyl halides is 1. The fourth-order valence-electron chi connectivity index (χ4n) is 1.66. The van der Waals surface area contributed by atoms with Crippen molar-refractivity contribution in [2.45, 2.75) is 18.3 Å². The van der Waals surface area contributed by atoms with Gasteiger partial charge < -0.3 is 0 Å². The van der Waals surface area contributed by atoms with Crippen LogP contribution in [0.2, 0.25) is 0 Å². The highest BCUT2D eigenvalue weighted by molar-refractivity contribution is 6.23. The van der Waals surface area contributed by atoms with Crippen molar-refractivity contribution >= 4 is 23.7 Å². The smallest absolute Gasteiger partial charge is 0.215 e. The predicted octanol–water partition coefficient (Wildman–Crippen LogP) is 2.16. The zero-order valence-electron chi connectivity index (χ0n) is 7.11. The van der Waals surface area contributed by atoms with Crippen LogP contribution in [0.15, 0.2) is 24.3 Å². The van der Waals surface area contributed by atoms with E-state index in [-0.39, 0.29) is 5.50 Å². The van der Waals surface area contributed by atoms with E-state index < -0.39 is 0 Å². The highest BCUT2D eigenvalue weighted by Gasteiger charge is 2.23. The summed E-state index contributed by atoms with van der Waals surface area (Å²) in [7, 11) is 0. The Labute approximate surface area is 82.1 Å². The molecule has 1 aromatic carbocycles. The summed E-state index contributed by atoms with van der Waals surface area (Å²) >= 11 is 6.01. The molecule has 0 radical (unpaired) electrons. The number of rotatable bonds is 1. The molecule has 1 aromatic rings. The molecular formula is C10H10ClNO. The van der Waals surface area contributed by atoms with Crippen molar-refractivity contribution < 1.29 is 4.79 Å². The summed E-state index contributed by atoms with van der Waals surface area (Å²) in [4.78, 5) is 12.4. The Morgan fingerprint density at radius 1 is 1.46 bits per heavy atom. The minimum atomic E-state index is -0.188. The van der Waals surface area contributed by atoms with Gasteiger partial charge in [0.15, 0.2) is 0 Å². The molecule has 0 bridgehead atoms. The predicted molar refractivity (Wildman–Crippen MR) is 52.9 cm³/mol. The molecular weight excluding hydrogens is 186 g/mol. The number of amides is 1. The lowest BCUT2D eigenvalue weighted by Crippen LogP contribution is -2.34. The maximum absolute atomic E-state index is 10.8. The molecule has 2 rings (SSSR count). The number of nitrogens with zero attached hydrogens (tertiary/aromatic N) is 1. The van der Waals surface area contributed by atoms with Crippen molar-refractivity contribution in [1.82, 2.24) is 0 Å². The van der Waals surface area contributed by atoms with Crippen LogP contribution in [0, 0.1) is 0 Å². The van der Waals surface area contributed by atoms with Gasteiger partial charge in [-0.05, 0) is 24.5 Å². The maximum Gasteiger partial charge on any atom is 0.215 e. The number of hydrogen-bond acceptors (Lipinski definition) is 1. The average molecular weight is 196 g/mol. The zero-order valence-corrected chi connectivity index (χ0v) is 7.87. The normalized spacial score (nSPS) is 21.0. The standard InChI is InChI=1S/C10H10ClNO/c11-10-6-5-8-3-1-2-4-9(8)12(10)7-13/h1-4,7,10H,5-6H2. The Morgan fingerprint density at radius 3 is 3.00 bits per heavy atom. The molecule has 1 amide bonds. The maximum atomic E-state index is 10.8. The second-order valence-electron chi connectivity index (χ2n) is 3.11. The lowest BCUT2D eigenvalue weighted by molar-refractivity contribution is -0.107. The molecule has 0 saturated heterocycles.